The van der Waals surface area contributed by atoms with Gasteiger partial charge in [0.05, 0.1) is 17.6 Å². The first kappa shape index (κ1) is 12.2. The number of halogens is 1. The third kappa shape index (κ3) is 2.46. The van der Waals surface area contributed by atoms with Gasteiger partial charge in [0.15, 0.2) is 0 Å². The first-order valence-electron chi connectivity index (χ1n) is 6.21. The molecule has 0 aliphatic carbocycles. The van der Waals surface area contributed by atoms with Crippen molar-refractivity contribution in [2.24, 2.45) is 0 Å². The molecule has 0 fully saturated rings. The van der Waals surface area contributed by atoms with Gasteiger partial charge in [0.25, 0.3) is 0 Å². The number of aryl methyl sites for hydroxylation is 2. The van der Waals surface area contributed by atoms with Gasteiger partial charge in [-0.15, -0.1) is 11.6 Å². The van der Waals surface area contributed by atoms with Gasteiger partial charge in [-0.1, -0.05) is 0 Å². The van der Waals surface area contributed by atoms with Crippen LogP contribution in [0.25, 0.3) is 11.0 Å². The van der Waals surface area contributed by atoms with E-state index in [4.69, 9.17) is 11.6 Å². The molecular formula is C13H14ClN5. The molecule has 0 bridgehead atoms. The van der Waals surface area contributed by atoms with Crippen molar-refractivity contribution >= 4 is 22.6 Å². The second-order valence-electron chi connectivity index (χ2n) is 4.30. The number of alkyl halides is 1. The van der Waals surface area contributed by atoms with Crippen molar-refractivity contribution < 1.29 is 0 Å². The Kier molecular flexibility index (Phi) is 3.46. The molecule has 0 saturated carbocycles. The lowest BCUT2D eigenvalue weighted by Crippen LogP contribution is -2.06. The van der Waals surface area contributed by atoms with Gasteiger partial charge in [0.2, 0.25) is 0 Å². The van der Waals surface area contributed by atoms with Gasteiger partial charge >= 0.3 is 0 Å². The van der Waals surface area contributed by atoms with Gasteiger partial charge in [-0.2, -0.15) is 5.10 Å². The highest BCUT2D eigenvalue weighted by atomic mass is 35.5. The summed E-state index contributed by atoms with van der Waals surface area (Å²) in [6.45, 7) is 1.77. The first-order valence-corrected chi connectivity index (χ1v) is 6.74. The number of imidazole rings is 1. The van der Waals surface area contributed by atoms with E-state index in [0.29, 0.717) is 5.88 Å². The van der Waals surface area contributed by atoms with E-state index in [9.17, 15) is 0 Å². The maximum atomic E-state index is 5.96. The minimum Gasteiger partial charge on any atom is -0.327 e. The Morgan fingerprint density at radius 1 is 1.21 bits per heavy atom. The van der Waals surface area contributed by atoms with Crippen LogP contribution in [0.5, 0.6) is 0 Å². The molecule has 0 N–H and O–H groups in total. The number of hydrogen-bond donors (Lipinski definition) is 0. The van der Waals surface area contributed by atoms with Crippen LogP contribution in [0.1, 0.15) is 12.2 Å². The van der Waals surface area contributed by atoms with E-state index in [1.54, 1.807) is 18.6 Å². The number of aromatic nitrogens is 5. The third-order valence-corrected chi connectivity index (χ3v) is 3.32. The highest BCUT2D eigenvalue weighted by Crippen LogP contribution is 2.17. The molecule has 0 saturated heterocycles. The molecule has 5 nitrogen and oxygen atoms in total. The van der Waals surface area contributed by atoms with Crippen LogP contribution >= 0.6 is 11.6 Å². The summed E-state index contributed by atoms with van der Waals surface area (Å²) in [5.41, 5.74) is 1.99. The fourth-order valence-electron chi connectivity index (χ4n) is 2.21. The van der Waals surface area contributed by atoms with Gasteiger partial charge in [0.1, 0.15) is 11.3 Å². The van der Waals surface area contributed by atoms with Crippen LogP contribution in [0.15, 0.2) is 36.9 Å². The Labute approximate surface area is 115 Å². The number of rotatable bonds is 5. The number of hydrogen-bond acceptors (Lipinski definition) is 3. The van der Waals surface area contributed by atoms with Crippen molar-refractivity contribution in [2.45, 2.75) is 25.4 Å². The molecule has 0 radical (unpaired) electrons. The Bertz CT molecular complexity index is 659. The Balaban J connectivity index is 1.79. The smallest absolute Gasteiger partial charge is 0.124 e. The lowest BCUT2D eigenvalue weighted by Gasteiger charge is -2.07. The predicted molar refractivity (Wildman–Crippen MR) is 73.9 cm³/mol. The minimum absolute atomic E-state index is 0.413. The maximum Gasteiger partial charge on any atom is 0.124 e. The Morgan fingerprint density at radius 3 is 2.95 bits per heavy atom. The van der Waals surface area contributed by atoms with Crippen molar-refractivity contribution in [1.29, 1.82) is 0 Å². The molecule has 98 valence electrons. The molecule has 0 aromatic carbocycles. The van der Waals surface area contributed by atoms with Gasteiger partial charge < -0.3 is 4.57 Å². The van der Waals surface area contributed by atoms with Gasteiger partial charge in [-0.3, -0.25) is 9.67 Å². The van der Waals surface area contributed by atoms with Crippen LogP contribution in [0.3, 0.4) is 0 Å². The minimum atomic E-state index is 0.413. The van der Waals surface area contributed by atoms with Crippen LogP contribution in [-0.2, 0) is 19.0 Å². The zero-order chi connectivity index (χ0) is 13.1. The average molecular weight is 276 g/mol. The Hall–Kier alpha value is -1.88. The molecule has 0 amide bonds. The summed E-state index contributed by atoms with van der Waals surface area (Å²) >= 11 is 5.96. The van der Waals surface area contributed by atoms with Crippen molar-refractivity contribution in [1.82, 2.24) is 24.3 Å². The SMILES string of the molecule is ClCc1nc2cnccc2n1CCCn1cccn1. The summed E-state index contributed by atoms with van der Waals surface area (Å²) in [6, 6.07) is 3.91. The standard InChI is InChI=1S/C13H14ClN5/c14-9-13-17-11-10-15-5-3-12(11)19(13)8-2-7-18-6-1-4-16-18/h1,3-6,10H,2,7-9H2. The molecule has 0 atom stereocenters. The molecule has 3 heterocycles. The lowest BCUT2D eigenvalue weighted by molar-refractivity contribution is 0.526. The molecule has 19 heavy (non-hydrogen) atoms. The van der Waals surface area contributed by atoms with Gasteiger partial charge in [-0.05, 0) is 18.6 Å². The summed E-state index contributed by atoms with van der Waals surface area (Å²) < 4.78 is 4.09. The average Bonchev–Trinajstić information content (AvgIpc) is 3.06. The summed E-state index contributed by atoms with van der Waals surface area (Å²) in [5, 5.41) is 4.20. The first-order chi connectivity index (χ1) is 9.38. The van der Waals surface area contributed by atoms with Crippen molar-refractivity contribution in [3.05, 3.63) is 42.7 Å². The van der Waals surface area contributed by atoms with Crippen molar-refractivity contribution in [3.63, 3.8) is 0 Å². The second kappa shape index (κ2) is 5.40. The maximum absolute atomic E-state index is 5.96. The van der Waals surface area contributed by atoms with Gasteiger partial charge in [0, 0.05) is 31.7 Å². The van der Waals surface area contributed by atoms with E-state index in [-0.39, 0.29) is 0 Å². The fourth-order valence-corrected chi connectivity index (χ4v) is 2.41. The van der Waals surface area contributed by atoms with Crippen molar-refractivity contribution in [3.8, 4) is 0 Å². The third-order valence-electron chi connectivity index (χ3n) is 3.08. The van der Waals surface area contributed by atoms with Crippen molar-refractivity contribution in [2.75, 3.05) is 0 Å². The molecule has 0 aliphatic rings. The topological polar surface area (TPSA) is 48.5 Å². The summed E-state index contributed by atoms with van der Waals surface area (Å²) in [4.78, 5) is 8.58. The molecule has 3 aromatic rings. The molecule has 0 aliphatic heterocycles. The van der Waals surface area contributed by atoms with E-state index in [0.717, 1.165) is 36.4 Å². The second-order valence-corrected chi connectivity index (χ2v) is 4.57. The lowest BCUT2D eigenvalue weighted by atomic mass is 10.3. The Morgan fingerprint density at radius 2 is 2.16 bits per heavy atom. The zero-order valence-electron chi connectivity index (χ0n) is 10.4. The highest BCUT2D eigenvalue weighted by Gasteiger charge is 2.09. The highest BCUT2D eigenvalue weighted by molar-refractivity contribution is 6.16. The van der Waals surface area contributed by atoms with E-state index in [1.165, 1.54) is 0 Å². The van der Waals surface area contributed by atoms with E-state index < -0.39 is 0 Å². The van der Waals surface area contributed by atoms with Gasteiger partial charge in [-0.25, -0.2) is 4.98 Å². The molecule has 0 spiro atoms. The number of fused-ring (bicyclic) bond motifs is 1. The van der Waals surface area contributed by atoms with Crippen LogP contribution in [0.4, 0.5) is 0 Å². The van der Waals surface area contributed by atoms with Crippen LogP contribution < -0.4 is 0 Å². The number of pyridine rings is 1. The monoisotopic (exact) mass is 275 g/mol. The summed E-state index contributed by atoms with van der Waals surface area (Å²) in [6.07, 6.45) is 8.31. The molecule has 3 rings (SSSR count). The molecule has 6 heteroatoms. The normalized spacial score (nSPS) is 11.2. The van der Waals surface area contributed by atoms with E-state index in [2.05, 4.69) is 19.6 Å². The van der Waals surface area contributed by atoms with Crippen LogP contribution in [0, 0.1) is 0 Å². The molecular weight excluding hydrogens is 262 g/mol. The molecule has 0 unspecified atom stereocenters. The fraction of sp³-hybridized carbons (Fsp3) is 0.308. The summed E-state index contributed by atoms with van der Waals surface area (Å²) in [5.74, 6) is 1.31. The van der Waals surface area contributed by atoms with E-state index >= 15 is 0 Å². The van der Waals surface area contributed by atoms with Crippen LogP contribution in [-0.4, -0.2) is 24.3 Å². The largest absolute Gasteiger partial charge is 0.327 e. The number of nitrogens with zero attached hydrogens (tertiary/aromatic N) is 5. The van der Waals surface area contributed by atoms with Crippen LogP contribution in [0.2, 0.25) is 0 Å². The predicted octanol–water partition coefficient (Wildman–Crippen LogP) is 2.46. The zero-order valence-corrected chi connectivity index (χ0v) is 11.2. The summed E-state index contributed by atoms with van der Waals surface area (Å²) in [7, 11) is 0. The van der Waals surface area contributed by atoms with E-state index in [1.807, 2.05) is 23.0 Å². The quantitative estimate of drug-likeness (QED) is 0.672. The molecule has 3 aromatic heterocycles.